The van der Waals surface area contributed by atoms with Gasteiger partial charge in [-0.15, -0.1) is 0 Å². The Kier molecular flexibility index (Phi) is 6.20. The van der Waals surface area contributed by atoms with E-state index in [0.717, 1.165) is 22.6 Å². The zero-order chi connectivity index (χ0) is 24.6. The lowest BCUT2D eigenvalue weighted by Gasteiger charge is -2.26. The quantitative estimate of drug-likeness (QED) is 0.300. The first kappa shape index (κ1) is 23.2. The van der Waals surface area contributed by atoms with Crippen LogP contribution in [0.1, 0.15) is 36.6 Å². The van der Waals surface area contributed by atoms with E-state index in [1.165, 1.54) is 6.07 Å². The minimum absolute atomic E-state index is 0.00319. The Morgan fingerprint density at radius 2 is 1.71 bits per heavy atom. The lowest BCUT2D eigenvalue weighted by Crippen LogP contribution is -2.29. The summed E-state index contributed by atoms with van der Waals surface area (Å²) >= 11 is 0. The second kappa shape index (κ2) is 9.09. The summed E-state index contributed by atoms with van der Waals surface area (Å²) in [6.45, 7) is 5.56. The summed E-state index contributed by atoms with van der Waals surface area (Å²) in [5.74, 6) is -4.00. The van der Waals surface area contributed by atoms with Crippen LogP contribution >= 0.6 is 0 Å². The molecule has 1 heterocycles. The predicted molar refractivity (Wildman–Crippen MR) is 125 cm³/mol. The Morgan fingerprint density at radius 1 is 0.971 bits per heavy atom. The number of aliphatic hydroxyl groups excluding tert-OH is 1. The van der Waals surface area contributed by atoms with Gasteiger partial charge in [0.1, 0.15) is 11.5 Å². The number of anilines is 1. The molecule has 0 spiro atoms. The van der Waals surface area contributed by atoms with Crippen LogP contribution in [0.15, 0.2) is 72.3 Å². The van der Waals surface area contributed by atoms with E-state index in [0.29, 0.717) is 16.9 Å². The molecule has 1 N–H and O–H groups in total. The van der Waals surface area contributed by atoms with Crippen molar-refractivity contribution >= 4 is 23.1 Å². The van der Waals surface area contributed by atoms with Crippen LogP contribution in [-0.2, 0) is 9.59 Å². The van der Waals surface area contributed by atoms with Crippen LogP contribution in [0.4, 0.5) is 14.5 Å². The summed E-state index contributed by atoms with van der Waals surface area (Å²) in [4.78, 5) is 27.4. The normalized spacial score (nSPS) is 17.5. The van der Waals surface area contributed by atoms with Gasteiger partial charge in [0.05, 0.1) is 17.7 Å². The van der Waals surface area contributed by atoms with Crippen LogP contribution in [0.3, 0.4) is 0 Å². The second-order valence-corrected chi connectivity index (χ2v) is 8.38. The SMILES string of the molecule is Cc1cccc(C2/C(=C(\O)c3cccc(OC(C)C)c3)C(=O)C(=O)N2c2ccc(F)c(F)c2)c1. The highest BCUT2D eigenvalue weighted by atomic mass is 19.2. The third-order valence-corrected chi connectivity index (χ3v) is 5.46. The van der Waals surface area contributed by atoms with Gasteiger partial charge in [0, 0.05) is 17.3 Å². The average molecular weight is 463 g/mol. The highest BCUT2D eigenvalue weighted by Crippen LogP contribution is 2.42. The summed E-state index contributed by atoms with van der Waals surface area (Å²) in [5, 5.41) is 11.2. The van der Waals surface area contributed by atoms with Crippen LogP contribution in [0.25, 0.3) is 5.76 Å². The molecule has 5 nitrogen and oxygen atoms in total. The first-order chi connectivity index (χ1) is 16.2. The number of amides is 1. The van der Waals surface area contributed by atoms with Gasteiger partial charge in [-0.3, -0.25) is 14.5 Å². The third-order valence-electron chi connectivity index (χ3n) is 5.46. The highest BCUT2D eigenvalue weighted by Gasteiger charge is 2.47. The monoisotopic (exact) mass is 463 g/mol. The summed E-state index contributed by atoms with van der Waals surface area (Å²) in [7, 11) is 0. The van der Waals surface area contributed by atoms with Crippen molar-refractivity contribution in [3.05, 3.63) is 101 Å². The van der Waals surface area contributed by atoms with Crippen LogP contribution in [-0.4, -0.2) is 22.9 Å². The molecular formula is C27H23F2NO4. The van der Waals surface area contributed by atoms with Gasteiger partial charge in [0.15, 0.2) is 11.6 Å². The van der Waals surface area contributed by atoms with E-state index in [9.17, 15) is 23.5 Å². The molecule has 7 heteroatoms. The molecule has 0 radical (unpaired) electrons. The maximum atomic E-state index is 14.0. The second-order valence-electron chi connectivity index (χ2n) is 8.38. The first-order valence-corrected chi connectivity index (χ1v) is 10.8. The van der Waals surface area contributed by atoms with E-state index in [2.05, 4.69) is 0 Å². The van der Waals surface area contributed by atoms with Crippen molar-refractivity contribution in [1.82, 2.24) is 0 Å². The van der Waals surface area contributed by atoms with Gasteiger partial charge in [0.2, 0.25) is 0 Å². The summed E-state index contributed by atoms with van der Waals surface area (Å²) < 4.78 is 33.3. The lowest BCUT2D eigenvalue weighted by atomic mass is 9.94. The molecule has 0 saturated carbocycles. The van der Waals surface area contributed by atoms with Crippen LogP contribution in [0.5, 0.6) is 5.75 Å². The molecule has 174 valence electrons. The molecule has 3 aromatic rings. The fourth-order valence-corrected chi connectivity index (χ4v) is 4.03. The van der Waals surface area contributed by atoms with Gasteiger partial charge in [-0.1, -0.05) is 42.0 Å². The fraction of sp³-hybridized carbons (Fsp3) is 0.185. The molecule has 1 aliphatic heterocycles. The number of carbonyl (C=O) groups excluding carboxylic acids is 2. The number of nitrogens with zero attached hydrogens (tertiary/aromatic N) is 1. The number of aryl methyl sites for hydroxylation is 1. The highest BCUT2D eigenvalue weighted by molar-refractivity contribution is 6.51. The van der Waals surface area contributed by atoms with Crippen molar-refractivity contribution < 1.29 is 28.2 Å². The van der Waals surface area contributed by atoms with Crippen molar-refractivity contribution in [3.8, 4) is 5.75 Å². The van der Waals surface area contributed by atoms with Gasteiger partial charge in [-0.05, 0) is 50.6 Å². The van der Waals surface area contributed by atoms with E-state index >= 15 is 0 Å². The smallest absolute Gasteiger partial charge is 0.300 e. The van der Waals surface area contributed by atoms with Crippen LogP contribution in [0, 0.1) is 18.6 Å². The zero-order valence-corrected chi connectivity index (χ0v) is 18.9. The summed E-state index contributed by atoms with van der Waals surface area (Å²) in [6.07, 6.45) is -0.108. The molecule has 34 heavy (non-hydrogen) atoms. The molecule has 1 aliphatic rings. The molecule has 1 atom stereocenters. The number of carbonyl (C=O) groups is 2. The number of hydrogen-bond donors (Lipinski definition) is 1. The van der Waals surface area contributed by atoms with E-state index in [4.69, 9.17) is 4.74 Å². The summed E-state index contributed by atoms with van der Waals surface area (Å²) in [5.41, 5.74) is 1.55. The molecular weight excluding hydrogens is 440 g/mol. The van der Waals surface area contributed by atoms with Gasteiger partial charge in [0.25, 0.3) is 11.7 Å². The first-order valence-electron chi connectivity index (χ1n) is 10.8. The lowest BCUT2D eigenvalue weighted by molar-refractivity contribution is -0.132. The molecule has 1 fully saturated rings. The van der Waals surface area contributed by atoms with Crippen molar-refractivity contribution in [2.75, 3.05) is 4.90 Å². The Labute approximate surface area is 195 Å². The Balaban J connectivity index is 1.92. The van der Waals surface area contributed by atoms with Crippen LogP contribution < -0.4 is 9.64 Å². The van der Waals surface area contributed by atoms with Crippen molar-refractivity contribution in [3.63, 3.8) is 0 Å². The largest absolute Gasteiger partial charge is 0.507 e. The number of Topliss-reactive ketones (excluding diaryl/α,β-unsaturated/α-hetero) is 1. The minimum Gasteiger partial charge on any atom is -0.507 e. The standard InChI is InChI=1S/C27H23F2NO4/c1-15(2)34-20-9-5-8-18(13-20)25(31)23-24(17-7-4-6-16(3)12-17)30(27(33)26(23)32)19-10-11-21(28)22(29)14-19/h4-15,24,31H,1-3H3/b25-23+. The summed E-state index contributed by atoms with van der Waals surface area (Å²) in [6, 6.07) is 15.6. The molecule has 0 aromatic heterocycles. The number of rotatable bonds is 5. The van der Waals surface area contributed by atoms with Crippen LogP contribution in [0.2, 0.25) is 0 Å². The number of ketones is 1. The Morgan fingerprint density at radius 3 is 2.38 bits per heavy atom. The number of halogens is 2. The van der Waals surface area contributed by atoms with Gasteiger partial charge in [-0.25, -0.2) is 8.78 Å². The Hall–Kier alpha value is -4.00. The minimum atomic E-state index is -1.15. The number of benzene rings is 3. The maximum Gasteiger partial charge on any atom is 0.300 e. The average Bonchev–Trinajstić information content (AvgIpc) is 3.05. The number of ether oxygens (including phenoxy) is 1. The van der Waals surface area contributed by atoms with Crippen molar-refractivity contribution in [1.29, 1.82) is 0 Å². The molecule has 1 amide bonds. The number of aliphatic hydroxyl groups is 1. The fourth-order valence-electron chi connectivity index (χ4n) is 4.03. The van der Waals surface area contributed by atoms with Gasteiger partial charge < -0.3 is 9.84 Å². The molecule has 0 aliphatic carbocycles. The third kappa shape index (κ3) is 4.29. The molecule has 4 rings (SSSR count). The predicted octanol–water partition coefficient (Wildman–Crippen LogP) is 5.69. The Bertz CT molecular complexity index is 1320. The van der Waals surface area contributed by atoms with Gasteiger partial charge >= 0.3 is 0 Å². The molecule has 1 unspecified atom stereocenters. The number of hydrogen-bond acceptors (Lipinski definition) is 4. The topological polar surface area (TPSA) is 66.8 Å². The molecule has 1 saturated heterocycles. The van der Waals surface area contributed by atoms with E-state index in [1.807, 2.05) is 26.8 Å². The molecule has 0 bridgehead atoms. The van der Waals surface area contributed by atoms with E-state index in [1.54, 1.807) is 42.5 Å². The van der Waals surface area contributed by atoms with Gasteiger partial charge in [-0.2, -0.15) is 0 Å². The maximum absolute atomic E-state index is 14.0. The van der Waals surface area contributed by atoms with E-state index in [-0.39, 0.29) is 23.1 Å². The van der Waals surface area contributed by atoms with Crippen molar-refractivity contribution in [2.24, 2.45) is 0 Å². The van der Waals surface area contributed by atoms with E-state index < -0.39 is 29.4 Å². The zero-order valence-electron chi connectivity index (χ0n) is 18.9. The van der Waals surface area contributed by atoms with Crippen molar-refractivity contribution in [2.45, 2.75) is 32.9 Å². The molecule has 3 aromatic carbocycles.